The van der Waals surface area contributed by atoms with Crippen molar-refractivity contribution in [3.8, 4) is 0 Å². The molecule has 6 heteroatoms. The van der Waals surface area contributed by atoms with Crippen molar-refractivity contribution in [2.24, 2.45) is 0 Å². The van der Waals surface area contributed by atoms with Gasteiger partial charge in [-0.2, -0.15) is 0 Å². The predicted octanol–water partition coefficient (Wildman–Crippen LogP) is 6.36. The smallest absolute Gasteiger partial charge is 0.256 e. The zero-order valence-electron chi connectivity index (χ0n) is 17.7. The van der Waals surface area contributed by atoms with E-state index in [1.54, 1.807) is 24.3 Å². The Balaban J connectivity index is 0.00000112. The van der Waals surface area contributed by atoms with E-state index < -0.39 is 0 Å². The fraction of sp³-hybridized carbons (Fsp3) is 0.240. The molecule has 0 bridgehead atoms. The number of hydrogen-bond acceptors (Lipinski definition) is 3. The number of H-pyrrole nitrogens is 1. The van der Waals surface area contributed by atoms with E-state index in [9.17, 15) is 4.79 Å². The molecule has 2 aromatic carbocycles. The van der Waals surface area contributed by atoms with Crippen molar-refractivity contribution < 1.29 is 4.79 Å². The van der Waals surface area contributed by atoms with Gasteiger partial charge in [0.1, 0.15) is 11.6 Å². The summed E-state index contributed by atoms with van der Waals surface area (Å²) in [4.78, 5) is 25.2. The second-order valence-electron chi connectivity index (χ2n) is 7.43. The van der Waals surface area contributed by atoms with Gasteiger partial charge in [-0.25, -0.2) is 9.97 Å². The average Bonchev–Trinajstić information content (AvgIpc) is 3.20. The molecule has 2 aromatic heterocycles. The summed E-state index contributed by atoms with van der Waals surface area (Å²) >= 11 is 5.97. The molecule has 1 aliphatic rings. The highest BCUT2D eigenvalue weighted by Gasteiger charge is 2.43. The van der Waals surface area contributed by atoms with E-state index >= 15 is 0 Å². The van der Waals surface area contributed by atoms with Crippen LogP contribution < -0.4 is 5.32 Å². The standard InChI is InChI=1S/C23H19ClN4O.C2H6/c24-17-6-3-5-15(13-17)21(29)28-20-10-9-16(14-25-20)23(11-4-12-23)22-26-18-7-1-2-8-19(18)27-22;1-2/h1-3,5-10,13-14H,4,11-12H2,(H,26,27)(H,25,28,29);1-2H3. The molecule has 5 nitrogen and oxygen atoms in total. The van der Waals surface area contributed by atoms with Crippen molar-refractivity contribution in [2.45, 2.75) is 38.5 Å². The zero-order chi connectivity index (χ0) is 21.8. The number of hydrogen-bond donors (Lipinski definition) is 2. The Bertz CT molecular complexity index is 1160. The number of carbonyl (C=O) groups excluding carboxylic acids is 1. The molecule has 1 amide bonds. The topological polar surface area (TPSA) is 70.7 Å². The molecule has 0 aliphatic heterocycles. The Hall–Kier alpha value is -3.18. The molecule has 158 valence electrons. The summed E-state index contributed by atoms with van der Waals surface area (Å²) in [5, 5.41) is 3.36. The largest absolute Gasteiger partial charge is 0.341 e. The van der Waals surface area contributed by atoms with Gasteiger partial charge in [-0.05, 0) is 54.8 Å². The number of fused-ring (bicyclic) bond motifs is 1. The van der Waals surface area contributed by atoms with E-state index in [-0.39, 0.29) is 11.3 Å². The van der Waals surface area contributed by atoms with Gasteiger partial charge in [-0.1, -0.05) is 56.1 Å². The van der Waals surface area contributed by atoms with Crippen molar-refractivity contribution >= 4 is 34.4 Å². The summed E-state index contributed by atoms with van der Waals surface area (Å²) < 4.78 is 0. The first-order chi connectivity index (χ1) is 15.1. The van der Waals surface area contributed by atoms with E-state index in [0.29, 0.717) is 16.4 Å². The third-order valence-corrected chi connectivity index (χ3v) is 5.93. The van der Waals surface area contributed by atoms with Crippen LogP contribution in [-0.2, 0) is 5.41 Å². The van der Waals surface area contributed by atoms with Crippen LogP contribution in [0.25, 0.3) is 11.0 Å². The van der Waals surface area contributed by atoms with Crippen molar-refractivity contribution in [1.82, 2.24) is 15.0 Å². The molecule has 0 unspecified atom stereocenters. The number of aromatic amines is 1. The van der Waals surface area contributed by atoms with E-state index in [1.807, 2.05) is 56.4 Å². The Kier molecular flexibility index (Phi) is 6.05. The summed E-state index contributed by atoms with van der Waals surface area (Å²) in [6.45, 7) is 4.00. The maximum absolute atomic E-state index is 12.4. The van der Waals surface area contributed by atoms with Gasteiger partial charge in [0.25, 0.3) is 5.91 Å². The number of imidazole rings is 1. The van der Waals surface area contributed by atoms with Crippen LogP contribution in [0.4, 0.5) is 5.82 Å². The molecule has 2 N–H and O–H groups in total. The number of carbonyl (C=O) groups is 1. The van der Waals surface area contributed by atoms with Crippen LogP contribution in [0.2, 0.25) is 5.02 Å². The first kappa shape index (κ1) is 21.1. The lowest BCUT2D eigenvalue weighted by atomic mass is 9.64. The van der Waals surface area contributed by atoms with Crippen LogP contribution in [0.3, 0.4) is 0 Å². The summed E-state index contributed by atoms with van der Waals surface area (Å²) in [7, 11) is 0. The molecule has 1 fully saturated rings. The van der Waals surface area contributed by atoms with Crippen molar-refractivity contribution in [1.29, 1.82) is 0 Å². The fourth-order valence-electron chi connectivity index (χ4n) is 3.94. The first-order valence-electron chi connectivity index (χ1n) is 10.6. The molecule has 0 radical (unpaired) electrons. The van der Waals surface area contributed by atoms with Gasteiger partial charge < -0.3 is 10.3 Å². The summed E-state index contributed by atoms with van der Waals surface area (Å²) in [5.41, 5.74) is 3.51. The van der Waals surface area contributed by atoms with Crippen molar-refractivity contribution in [2.75, 3.05) is 5.32 Å². The SMILES string of the molecule is CC.O=C(Nc1ccc(C2(c3nc4ccccc4[nH]3)CCC2)cn1)c1cccc(Cl)c1. The molecule has 4 aromatic rings. The quantitative estimate of drug-likeness (QED) is 0.394. The van der Waals surface area contributed by atoms with Crippen molar-refractivity contribution in [3.05, 3.63) is 88.8 Å². The Morgan fingerprint density at radius 3 is 2.52 bits per heavy atom. The molecule has 1 aliphatic carbocycles. The number of pyridine rings is 1. The van der Waals surface area contributed by atoms with Crippen LogP contribution in [0.1, 0.15) is 54.9 Å². The number of aromatic nitrogens is 3. The predicted molar refractivity (Wildman–Crippen MR) is 126 cm³/mol. The summed E-state index contributed by atoms with van der Waals surface area (Å²) in [6.07, 6.45) is 5.07. The Morgan fingerprint density at radius 2 is 1.87 bits per heavy atom. The molecule has 2 heterocycles. The number of rotatable bonds is 4. The molecule has 5 rings (SSSR count). The Labute approximate surface area is 186 Å². The maximum Gasteiger partial charge on any atom is 0.256 e. The number of amides is 1. The van der Waals surface area contributed by atoms with E-state index in [1.165, 1.54) is 0 Å². The summed E-state index contributed by atoms with van der Waals surface area (Å²) in [5.74, 6) is 1.27. The number of para-hydroxylation sites is 2. The number of halogens is 1. The lowest BCUT2D eigenvalue weighted by molar-refractivity contribution is 0.102. The highest BCUT2D eigenvalue weighted by atomic mass is 35.5. The fourth-order valence-corrected chi connectivity index (χ4v) is 4.13. The lowest BCUT2D eigenvalue weighted by Gasteiger charge is -2.40. The van der Waals surface area contributed by atoms with Gasteiger partial charge >= 0.3 is 0 Å². The van der Waals surface area contributed by atoms with E-state index in [4.69, 9.17) is 16.6 Å². The van der Waals surface area contributed by atoms with Crippen molar-refractivity contribution in [3.63, 3.8) is 0 Å². The minimum absolute atomic E-state index is 0.137. The molecular weight excluding hydrogens is 408 g/mol. The van der Waals surface area contributed by atoms with Crippen LogP contribution in [-0.4, -0.2) is 20.9 Å². The van der Waals surface area contributed by atoms with Gasteiger partial charge in [-0.3, -0.25) is 4.79 Å². The first-order valence-corrected chi connectivity index (χ1v) is 11.0. The monoisotopic (exact) mass is 432 g/mol. The second-order valence-corrected chi connectivity index (χ2v) is 7.87. The second kappa shape index (κ2) is 8.90. The van der Waals surface area contributed by atoms with Gasteiger partial charge in [0.05, 0.1) is 16.4 Å². The lowest BCUT2D eigenvalue weighted by Crippen LogP contribution is -2.36. The van der Waals surface area contributed by atoms with Crippen LogP contribution in [0, 0.1) is 0 Å². The minimum atomic E-state index is -0.233. The van der Waals surface area contributed by atoms with E-state index in [0.717, 1.165) is 41.7 Å². The van der Waals surface area contributed by atoms with Gasteiger partial charge in [0, 0.05) is 16.8 Å². The molecule has 31 heavy (non-hydrogen) atoms. The number of nitrogens with one attached hydrogen (secondary N) is 2. The minimum Gasteiger partial charge on any atom is -0.341 e. The third kappa shape index (κ3) is 4.06. The normalized spacial score (nSPS) is 14.3. The van der Waals surface area contributed by atoms with Crippen LogP contribution in [0.15, 0.2) is 66.9 Å². The molecule has 0 saturated heterocycles. The Morgan fingerprint density at radius 1 is 1.06 bits per heavy atom. The molecule has 0 spiro atoms. The highest BCUT2D eigenvalue weighted by molar-refractivity contribution is 6.31. The van der Waals surface area contributed by atoms with Gasteiger partial charge in [0.15, 0.2) is 0 Å². The van der Waals surface area contributed by atoms with Crippen LogP contribution in [0.5, 0.6) is 0 Å². The van der Waals surface area contributed by atoms with Gasteiger partial charge in [-0.15, -0.1) is 0 Å². The number of nitrogens with zero attached hydrogens (tertiary/aromatic N) is 2. The zero-order valence-corrected chi connectivity index (χ0v) is 18.4. The molecule has 1 saturated carbocycles. The number of anilines is 1. The molecule has 0 atom stereocenters. The highest BCUT2D eigenvalue weighted by Crippen LogP contribution is 2.48. The third-order valence-electron chi connectivity index (χ3n) is 5.69. The average molecular weight is 433 g/mol. The van der Waals surface area contributed by atoms with Crippen LogP contribution >= 0.6 is 11.6 Å². The molecular formula is C25H25ClN4O. The maximum atomic E-state index is 12.4. The number of benzene rings is 2. The summed E-state index contributed by atoms with van der Waals surface area (Å²) in [6, 6.07) is 18.8. The van der Waals surface area contributed by atoms with Gasteiger partial charge in [0.2, 0.25) is 0 Å². The van der Waals surface area contributed by atoms with E-state index in [2.05, 4.69) is 15.3 Å².